The van der Waals surface area contributed by atoms with Crippen molar-refractivity contribution < 1.29 is 9.53 Å². The van der Waals surface area contributed by atoms with Crippen molar-refractivity contribution in [3.63, 3.8) is 0 Å². The molecule has 0 unspecified atom stereocenters. The molecule has 21 heavy (non-hydrogen) atoms. The first kappa shape index (κ1) is 17.7. The molecule has 0 bridgehead atoms. The second-order valence-corrected chi connectivity index (χ2v) is 5.73. The maximum atomic E-state index is 11.7. The van der Waals surface area contributed by atoms with Gasteiger partial charge < -0.3 is 15.8 Å². The number of carbonyl (C=O) groups excluding carboxylic acids is 1. The summed E-state index contributed by atoms with van der Waals surface area (Å²) in [5.41, 5.74) is 7.08. The fourth-order valence-corrected chi connectivity index (χ4v) is 2.07. The van der Waals surface area contributed by atoms with Gasteiger partial charge in [0.1, 0.15) is 0 Å². The predicted molar refractivity (Wildman–Crippen MR) is 86.0 cm³/mol. The Morgan fingerprint density at radius 2 is 1.95 bits per heavy atom. The van der Waals surface area contributed by atoms with Crippen LogP contribution in [0.3, 0.4) is 0 Å². The molecule has 0 saturated heterocycles. The Morgan fingerprint density at radius 1 is 1.24 bits per heavy atom. The Morgan fingerprint density at radius 3 is 2.62 bits per heavy atom. The Labute approximate surface area is 128 Å². The summed E-state index contributed by atoms with van der Waals surface area (Å²) in [4.78, 5) is 11.7. The molecule has 0 radical (unpaired) electrons. The van der Waals surface area contributed by atoms with E-state index in [0.29, 0.717) is 25.7 Å². The molecule has 1 aromatic rings. The smallest absolute Gasteiger partial charge is 0.236 e. The number of amides is 1. The van der Waals surface area contributed by atoms with Gasteiger partial charge in [0, 0.05) is 13.2 Å². The van der Waals surface area contributed by atoms with Crippen LogP contribution in [0.4, 0.5) is 0 Å². The van der Waals surface area contributed by atoms with Crippen molar-refractivity contribution in [3.05, 3.63) is 35.9 Å². The molecule has 4 nitrogen and oxygen atoms in total. The molecule has 0 aliphatic heterocycles. The summed E-state index contributed by atoms with van der Waals surface area (Å²) in [5.74, 6) is 0.375. The Balaban J connectivity index is 1.98. The van der Waals surface area contributed by atoms with E-state index in [-0.39, 0.29) is 5.91 Å². The van der Waals surface area contributed by atoms with Crippen LogP contribution in [0.2, 0.25) is 0 Å². The van der Waals surface area contributed by atoms with Crippen LogP contribution in [0.5, 0.6) is 0 Å². The van der Waals surface area contributed by atoms with E-state index >= 15 is 0 Å². The quantitative estimate of drug-likeness (QED) is 0.649. The Hall–Kier alpha value is -1.39. The van der Waals surface area contributed by atoms with Crippen LogP contribution in [-0.2, 0) is 16.0 Å². The van der Waals surface area contributed by atoms with E-state index in [1.165, 1.54) is 5.56 Å². The molecule has 0 aliphatic rings. The zero-order chi connectivity index (χ0) is 15.5. The van der Waals surface area contributed by atoms with E-state index in [9.17, 15) is 4.79 Å². The van der Waals surface area contributed by atoms with Crippen LogP contribution in [0.1, 0.15) is 32.3 Å². The van der Waals surface area contributed by atoms with Crippen molar-refractivity contribution in [2.45, 2.75) is 39.2 Å². The summed E-state index contributed by atoms with van der Waals surface area (Å²) >= 11 is 0. The number of nitrogens with one attached hydrogen (secondary N) is 1. The highest BCUT2D eigenvalue weighted by molar-refractivity contribution is 5.81. The summed E-state index contributed by atoms with van der Waals surface area (Å²) in [6.45, 7) is 6.12. The number of carbonyl (C=O) groups is 1. The molecule has 0 fully saturated rings. The zero-order valence-corrected chi connectivity index (χ0v) is 13.2. The van der Waals surface area contributed by atoms with Gasteiger partial charge in [-0.3, -0.25) is 4.79 Å². The number of benzene rings is 1. The van der Waals surface area contributed by atoms with Gasteiger partial charge in [0.2, 0.25) is 5.91 Å². The van der Waals surface area contributed by atoms with Crippen LogP contribution in [0.15, 0.2) is 30.3 Å². The SMILES string of the molecule is CC(C)C[C@H](N)C(=O)NCCCOCCc1ccccc1. The van der Waals surface area contributed by atoms with Gasteiger partial charge in [0.05, 0.1) is 12.6 Å². The highest BCUT2D eigenvalue weighted by atomic mass is 16.5. The largest absolute Gasteiger partial charge is 0.381 e. The molecule has 0 heterocycles. The van der Waals surface area contributed by atoms with Gasteiger partial charge in [-0.15, -0.1) is 0 Å². The van der Waals surface area contributed by atoms with Gasteiger partial charge in [-0.1, -0.05) is 44.2 Å². The number of ether oxygens (including phenoxy) is 1. The topological polar surface area (TPSA) is 64.4 Å². The minimum atomic E-state index is -0.399. The van der Waals surface area contributed by atoms with E-state index in [1.54, 1.807) is 0 Å². The molecule has 118 valence electrons. The number of hydrogen-bond acceptors (Lipinski definition) is 3. The third-order valence-corrected chi connectivity index (χ3v) is 3.20. The molecular formula is C17H28N2O2. The number of rotatable bonds is 10. The molecule has 1 atom stereocenters. The first-order valence-corrected chi connectivity index (χ1v) is 7.74. The standard InChI is InChI=1S/C17H28N2O2/c1-14(2)13-16(18)17(20)19-10-6-11-21-12-9-15-7-4-3-5-8-15/h3-5,7-8,14,16H,6,9-13,18H2,1-2H3,(H,19,20)/t16-/m0/s1. The van der Waals surface area contributed by atoms with Crippen LogP contribution in [0, 0.1) is 5.92 Å². The summed E-state index contributed by atoms with van der Waals surface area (Å²) < 4.78 is 5.56. The lowest BCUT2D eigenvalue weighted by molar-refractivity contribution is -0.122. The lowest BCUT2D eigenvalue weighted by Crippen LogP contribution is -2.41. The Bertz CT molecular complexity index is 393. The molecule has 1 amide bonds. The first-order valence-electron chi connectivity index (χ1n) is 7.74. The van der Waals surface area contributed by atoms with Crippen LogP contribution >= 0.6 is 0 Å². The highest BCUT2D eigenvalue weighted by Gasteiger charge is 2.13. The lowest BCUT2D eigenvalue weighted by atomic mass is 10.0. The van der Waals surface area contributed by atoms with Crippen LogP contribution < -0.4 is 11.1 Å². The van der Waals surface area contributed by atoms with E-state index in [4.69, 9.17) is 10.5 Å². The van der Waals surface area contributed by atoms with Gasteiger partial charge in [-0.25, -0.2) is 0 Å². The molecule has 0 aromatic heterocycles. The van der Waals surface area contributed by atoms with Crippen molar-refractivity contribution in [1.29, 1.82) is 0 Å². The third kappa shape index (κ3) is 8.48. The van der Waals surface area contributed by atoms with Crippen molar-refractivity contribution in [1.82, 2.24) is 5.32 Å². The normalized spacial score (nSPS) is 12.4. The van der Waals surface area contributed by atoms with Gasteiger partial charge in [0.25, 0.3) is 0 Å². The highest BCUT2D eigenvalue weighted by Crippen LogP contribution is 2.02. The lowest BCUT2D eigenvalue weighted by Gasteiger charge is -2.14. The number of nitrogens with two attached hydrogens (primary N) is 1. The van der Waals surface area contributed by atoms with Crippen molar-refractivity contribution in [2.24, 2.45) is 11.7 Å². The molecule has 3 N–H and O–H groups in total. The van der Waals surface area contributed by atoms with Gasteiger partial charge in [-0.2, -0.15) is 0 Å². The minimum Gasteiger partial charge on any atom is -0.381 e. The van der Waals surface area contributed by atoms with E-state index in [2.05, 4.69) is 31.3 Å². The second kappa shape index (κ2) is 10.4. The van der Waals surface area contributed by atoms with E-state index in [0.717, 1.165) is 19.3 Å². The van der Waals surface area contributed by atoms with Gasteiger partial charge >= 0.3 is 0 Å². The molecule has 0 saturated carbocycles. The zero-order valence-electron chi connectivity index (χ0n) is 13.2. The summed E-state index contributed by atoms with van der Waals surface area (Å²) in [6, 6.07) is 9.87. The predicted octanol–water partition coefficient (Wildman–Crippen LogP) is 2.13. The fraction of sp³-hybridized carbons (Fsp3) is 0.588. The summed E-state index contributed by atoms with van der Waals surface area (Å²) in [6.07, 6.45) is 2.46. The van der Waals surface area contributed by atoms with Crippen LogP contribution in [0.25, 0.3) is 0 Å². The maximum absolute atomic E-state index is 11.7. The van der Waals surface area contributed by atoms with Gasteiger partial charge in [0.15, 0.2) is 0 Å². The van der Waals surface area contributed by atoms with Crippen molar-refractivity contribution in [3.8, 4) is 0 Å². The van der Waals surface area contributed by atoms with E-state index in [1.807, 2.05) is 18.2 Å². The maximum Gasteiger partial charge on any atom is 0.236 e. The summed E-state index contributed by atoms with van der Waals surface area (Å²) in [7, 11) is 0. The molecule has 1 rings (SSSR count). The summed E-state index contributed by atoms with van der Waals surface area (Å²) in [5, 5.41) is 2.85. The minimum absolute atomic E-state index is 0.0621. The average Bonchev–Trinajstić information content (AvgIpc) is 2.46. The molecule has 4 heteroatoms. The van der Waals surface area contributed by atoms with Crippen molar-refractivity contribution >= 4 is 5.91 Å². The number of hydrogen-bond donors (Lipinski definition) is 2. The molecule has 0 spiro atoms. The molecule has 1 aromatic carbocycles. The average molecular weight is 292 g/mol. The monoisotopic (exact) mass is 292 g/mol. The van der Waals surface area contributed by atoms with Crippen LogP contribution in [-0.4, -0.2) is 31.7 Å². The van der Waals surface area contributed by atoms with Crippen molar-refractivity contribution in [2.75, 3.05) is 19.8 Å². The fourth-order valence-electron chi connectivity index (χ4n) is 2.07. The van der Waals surface area contributed by atoms with E-state index < -0.39 is 6.04 Å². The molecular weight excluding hydrogens is 264 g/mol. The molecule has 0 aliphatic carbocycles. The second-order valence-electron chi connectivity index (χ2n) is 5.73. The Kier molecular flexibility index (Phi) is 8.71. The van der Waals surface area contributed by atoms with Gasteiger partial charge in [-0.05, 0) is 30.7 Å². The third-order valence-electron chi connectivity index (χ3n) is 3.20. The first-order chi connectivity index (χ1) is 10.1.